The van der Waals surface area contributed by atoms with Crippen molar-refractivity contribution >= 4 is 11.9 Å². The highest BCUT2D eigenvalue weighted by molar-refractivity contribution is 5.88. The van der Waals surface area contributed by atoms with Crippen LogP contribution in [0.4, 0.5) is 0 Å². The smallest absolute Gasteiger partial charge is 0.335 e. The number of hydrogen-bond donors (Lipinski definition) is 1. The predicted octanol–water partition coefficient (Wildman–Crippen LogP) is 3.55. The monoisotopic (exact) mass is 367 g/mol. The first-order valence-corrected chi connectivity index (χ1v) is 9.22. The number of amides is 1. The fraction of sp³-hybridized carbons (Fsp3) is 0.364. The molecule has 142 valence electrons. The van der Waals surface area contributed by atoms with E-state index in [2.05, 4.69) is 6.92 Å². The van der Waals surface area contributed by atoms with Crippen LogP contribution in [0.3, 0.4) is 0 Å². The van der Waals surface area contributed by atoms with Crippen molar-refractivity contribution in [3.63, 3.8) is 0 Å². The zero-order chi connectivity index (χ0) is 19.4. The molecule has 0 spiro atoms. The van der Waals surface area contributed by atoms with Gasteiger partial charge in [-0.15, -0.1) is 0 Å². The molecule has 0 radical (unpaired) electrons. The minimum absolute atomic E-state index is 0.115. The quantitative estimate of drug-likeness (QED) is 0.848. The highest BCUT2D eigenvalue weighted by atomic mass is 16.5. The maximum absolute atomic E-state index is 12.8. The molecule has 0 bridgehead atoms. The Bertz CT molecular complexity index is 846. The van der Waals surface area contributed by atoms with Gasteiger partial charge in [0.05, 0.1) is 12.7 Å². The lowest BCUT2D eigenvalue weighted by Crippen LogP contribution is -2.36. The van der Waals surface area contributed by atoms with Gasteiger partial charge in [0.1, 0.15) is 5.75 Å². The molecule has 1 aliphatic rings. The summed E-state index contributed by atoms with van der Waals surface area (Å²) in [5.41, 5.74) is 3.45. The van der Waals surface area contributed by atoms with Crippen LogP contribution in [-0.2, 0) is 24.2 Å². The van der Waals surface area contributed by atoms with Gasteiger partial charge >= 0.3 is 5.97 Å². The number of carboxylic acids is 1. The molecule has 5 heteroatoms. The summed E-state index contributed by atoms with van der Waals surface area (Å²) in [4.78, 5) is 25.8. The van der Waals surface area contributed by atoms with Gasteiger partial charge in [-0.3, -0.25) is 4.79 Å². The third-order valence-electron chi connectivity index (χ3n) is 5.10. The van der Waals surface area contributed by atoms with Gasteiger partial charge in [-0.05, 0) is 53.6 Å². The molecule has 0 aliphatic carbocycles. The van der Waals surface area contributed by atoms with Crippen LogP contribution in [0.25, 0.3) is 0 Å². The van der Waals surface area contributed by atoms with Gasteiger partial charge in [0.15, 0.2) is 0 Å². The maximum atomic E-state index is 12.8. The zero-order valence-electron chi connectivity index (χ0n) is 15.8. The Balaban J connectivity index is 1.63. The molecule has 0 fully saturated rings. The molecular formula is C22H25NO4. The lowest BCUT2D eigenvalue weighted by atomic mass is 9.94. The molecule has 1 N–H and O–H groups in total. The summed E-state index contributed by atoms with van der Waals surface area (Å²) in [6.07, 6.45) is 2.01. The normalized spacial score (nSPS) is 14.4. The number of hydrogen-bond acceptors (Lipinski definition) is 3. The average Bonchev–Trinajstić information content (AvgIpc) is 2.67. The van der Waals surface area contributed by atoms with Gasteiger partial charge in [-0.2, -0.15) is 0 Å². The summed E-state index contributed by atoms with van der Waals surface area (Å²) in [6.45, 7) is 3.24. The molecule has 1 heterocycles. The largest absolute Gasteiger partial charge is 0.496 e. The number of para-hydroxylation sites is 1. The Morgan fingerprint density at radius 2 is 1.96 bits per heavy atom. The van der Waals surface area contributed by atoms with Crippen LogP contribution in [0.2, 0.25) is 0 Å². The highest BCUT2D eigenvalue weighted by Gasteiger charge is 2.23. The molecule has 1 unspecified atom stereocenters. The van der Waals surface area contributed by atoms with Crippen molar-refractivity contribution in [2.75, 3.05) is 13.7 Å². The van der Waals surface area contributed by atoms with Crippen molar-refractivity contribution in [1.82, 2.24) is 4.90 Å². The van der Waals surface area contributed by atoms with Gasteiger partial charge in [-0.1, -0.05) is 31.2 Å². The van der Waals surface area contributed by atoms with Crippen LogP contribution >= 0.6 is 0 Å². The number of rotatable bonds is 6. The number of carboxylic acid groups (broad SMARTS) is 1. The molecule has 5 nitrogen and oxygen atoms in total. The van der Waals surface area contributed by atoms with Gasteiger partial charge in [-0.25, -0.2) is 4.79 Å². The number of benzene rings is 2. The van der Waals surface area contributed by atoms with Gasteiger partial charge < -0.3 is 14.7 Å². The Hall–Kier alpha value is -2.82. The van der Waals surface area contributed by atoms with E-state index < -0.39 is 5.97 Å². The number of nitrogens with zero attached hydrogens (tertiary/aromatic N) is 1. The van der Waals surface area contributed by atoms with Crippen molar-refractivity contribution in [3.05, 3.63) is 64.7 Å². The number of methoxy groups -OCH3 is 1. The molecule has 1 amide bonds. The molecule has 0 saturated carbocycles. The number of carbonyl (C=O) groups is 2. The zero-order valence-corrected chi connectivity index (χ0v) is 15.8. The topological polar surface area (TPSA) is 66.8 Å². The summed E-state index contributed by atoms with van der Waals surface area (Å²) >= 11 is 0. The van der Waals surface area contributed by atoms with Crippen LogP contribution in [-0.4, -0.2) is 35.5 Å². The lowest BCUT2D eigenvalue weighted by Gasteiger charge is -2.30. The number of fused-ring (bicyclic) bond motifs is 1. The summed E-state index contributed by atoms with van der Waals surface area (Å²) in [7, 11) is 1.66. The van der Waals surface area contributed by atoms with E-state index in [-0.39, 0.29) is 17.4 Å². The summed E-state index contributed by atoms with van der Waals surface area (Å²) in [6, 6.07) is 13.1. The molecule has 1 atom stereocenters. The second-order valence-electron chi connectivity index (χ2n) is 7.18. The van der Waals surface area contributed by atoms with Crippen LogP contribution in [0.15, 0.2) is 42.5 Å². The van der Waals surface area contributed by atoms with Crippen LogP contribution in [0.5, 0.6) is 5.75 Å². The van der Waals surface area contributed by atoms with Crippen molar-refractivity contribution in [2.45, 2.75) is 32.7 Å². The first-order valence-electron chi connectivity index (χ1n) is 9.22. The van der Waals surface area contributed by atoms with E-state index in [9.17, 15) is 14.7 Å². The third-order valence-corrected chi connectivity index (χ3v) is 5.10. The minimum Gasteiger partial charge on any atom is -0.496 e. The van der Waals surface area contributed by atoms with E-state index in [0.29, 0.717) is 19.5 Å². The molecule has 0 aromatic heterocycles. The van der Waals surface area contributed by atoms with Gasteiger partial charge in [0.2, 0.25) is 5.91 Å². The van der Waals surface area contributed by atoms with Crippen molar-refractivity contribution < 1.29 is 19.4 Å². The molecule has 1 aliphatic heterocycles. The summed E-state index contributed by atoms with van der Waals surface area (Å²) in [5.74, 6) is 0.223. The number of aromatic carboxylic acids is 1. The molecule has 3 rings (SSSR count). The average molecular weight is 367 g/mol. The van der Waals surface area contributed by atoms with Crippen molar-refractivity contribution in [2.24, 2.45) is 5.92 Å². The number of carbonyl (C=O) groups excluding carboxylic acids is 1. The second-order valence-corrected chi connectivity index (χ2v) is 7.18. The van der Waals surface area contributed by atoms with E-state index in [1.165, 1.54) is 0 Å². The molecule has 2 aromatic rings. The Morgan fingerprint density at radius 1 is 1.19 bits per heavy atom. The minimum atomic E-state index is -0.938. The van der Waals surface area contributed by atoms with Gasteiger partial charge in [0.25, 0.3) is 0 Å². The molecular weight excluding hydrogens is 342 g/mol. The first-order chi connectivity index (χ1) is 13.0. The van der Waals surface area contributed by atoms with Crippen molar-refractivity contribution in [1.29, 1.82) is 0 Å². The van der Waals surface area contributed by atoms with E-state index >= 15 is 0 Å². The van der Waals surface area contributed by atoms with E-state index in [0.717, 1.165) is 35.3 Å². The number of ether oxygens (including phenoxy) is 1. The lowest BCUT2D eigenvalue weighted by molar-refractivity contribution is -0.133. The second kappa shape index (κ2) is 8.25. The maximum Gasteiger partial charge on any atom is 0.335 e. The molecule has 27 heavy (non-hydrogen) atoms. The Kier molecular flexibility index (Phi) is 5.79. The fourth-order valence-electron chi connectivity index (χ4n) is 3.65. The van der Waals surface area contributed by atoms with E-state index in [4.69, 9.17) is 4.74 Å². The highest BCUT2D eigenvalue weighted by Crippen LogP contribution is 2.25. The summed E-state index contributed by atoms with van der Waals surface area (Å²) in [5, 5.41) is 9.17. The van der Waals surface area contributed by atoms with E-state index in [1.807, 2.05) is 35.2 Å². The van der Waals surface area contributed by atoms with Crippen LogP contribution < -0.4 is 4.74 Å². The SMILES string of the molecule is COc1ccccc1CC(C)CC(=O)N1CCc2ccc(C(=O)O)cc2C1. The standard InChI is InChI=1S/C22H25NO4/c1-15(11-17-5-3-4-6-20(17)27-2)12-21(24)23-10-9-16-7-8-18(22(25)26)13-19(16)14-23/h3-8,13,15H,9-12,14H2,1-2H3,(H,25,26). The first kappa shape index (κ1) is 19.0. The fourth-order valence-corrected chi connectivity index (χ4v) is 3.65. The third kappa shape index (κ3) is 4.48. The molecule has 2 aromatic carbocycles. The van der Waals surface area contributed by atoms with Crippen molar-refractivity contribution in [3.8, 4) is 5.75 Å². The predicted molar refractivity (Wildman–Crippen MR) is 103 cm³/mol. The van der Waals surface area contributed by atoms with Gasteiger partial charge in [0, 0.05) is 19.5 Å². The molecule has 0 saturated heterocycles. The Labute approximate surface area is 159 Å². The van der Waals surface area contributed by atoms with E-state index in [1.54, 1.807) is 19.2 Å². The van der Waals surface area contributed by atoms with Crippen LogP contribution in [0, 0.1) is 5.92 Å². The van der Waals surface area contributed by atoms with Crippen LogP contribution in [0.1, 0.15) is 40.4 Å². The summed E-state index contributed by atoms with van der Waals surface area (Å²) < 4.78 is 5.39. The Morgan fingerprint density at radius 3 is 2.70 bits per heavy atom.